The van der Waals surface area contributed by atoms with E-state index in [9.17, 15) is 9.59 Å². The highest BCUT2D eigenvalue weighted by molar-refractivity contribution is 5.87. The minimum Gasteiger partial charge on any atom is -0.477 e. The topological polar surface area (TPSA) is 59.3 Å². The van der Waals surface area contributed by atoms with Gasteiger partial charge in [0.15, 0.2) is 0 Å². The Bertz CT molecular complexity index is 671. The first kappa shape index (κ1) is 13.1. The highest BCUT2D eigenvalue weighted by Gasteiger charge is 2.13. The number of carbonyl (C=O) groups is 1. The van der Waals surface area contributed by atoms with Crippen molar-refractivity contribution >= 4 is 5.97 Å². The highest BCUT2D eigenvalue weighted by Crippen LogP contribution is 2.21. The fourth-order valence-corrected chi connectivity index (χ4v) is 2.04. The Morgan fingerprint density at radius 1 is 1.16 bits per heavy atom. The summed E-state index contributed by atoms with van der Waals surface area (Å²) < 4.78 is 1.39. The van der Waals surface area contributed by atoms with E-state index in [2.05, 4.69) is 0 Å². The largest absolute Gasteiger partial charge is 0.477 e. The molecule has 1 heterocycles. The number of carboxylic acids is 1. The lowest BCUT2D eigenvalue weighted by molar-refractivity contribution is 0.0694. The Morgan fingerprint density at radius 3 is 2.47 bits per heavy atom. The fourth-order valence-electron chi connectivity index (χ4n) is 2.04. The molecule has 0 aliphatic rings. The predicted molar refractivity (Wildman–Crippen MR) is 73.1 cm³/mol. The van der Waals surface area contributed by atoms with Gasteiger partial charge >= 0.3 is 5.97 Å². The lowest BCUT2D eigenvalue weighted by Gasteiger charge is -2.14. The van der Waals surface area contributed by atoms with Gasteiger partial charge in [0, 0.05) is 6.20 Å². The second kappa shape index (κ2) is 5.10. The number of benzene rings is 1. The van der Waals surface area contributed by atoms with Crippen molar-refractivity contribution in [3.05, 3.63) is 64.1 Å². The summed E-state index contributed by atoms with van der Waals surface area (Å²) in [5, 5.41) is 9.00. The zero-order valence-electron chi connectivity index (χ0n) is 10.8. The maximum absolute atomic E-state index is 12.2. The van der Waals surface area contributed by atoms with E-state index in [1.807, 2.05) is 38.1 Å². The number of aromatic nitrogens is 1. The molecule has 0 unspecified atom stereocenters. The molecule has 0 amide bonds. The smallest absolute Gasteiger partial charge is 0.341 e. The van der Waals surface area contributed by atoms with Crippen LogP contribution in [0.2, 0.25) is 0 Å². The van der Waals surface area contributed by atoms with Crippen molar-refractivity contribution in [1.29, 1.82) is 0 Å². The maximum Gasteiger partial charge on any atom is 0.341 e. The summed E-state index contributed by atoms with van der Waals surface area (Å²) in [6.07, 6.45) is 1.59. The van der Waals surface area contributed by atoms with Gasteiger partial charge in [0.1, 0.15) is 5.56 Å². The quantitative estimate of drug-likeness (QED) is 0.919. The summed E-state index contributed by atoms with van der Waals surface area (Å²) in [5.41, 5.74) is 1.00. The predicted octanol–water partition coefficient (Wildman–Crippen LogP) is 2.66. The SMILES string of the molecule is CC(C)c1ccccc1-n1cccc(C(=O)O)c1=O. The molecule has 0 bridgehead atoms. The monoisotopic (exact) mass is 257 g/mol. The molecule has 0 aliphatic heterocycles. The molecule has 4 nitrogen and oxygen atoms in total. The van der Waals surface area contributed by atoms with Crippen LogP contribution in [0.5, 0.6) is 0 Å². The zero-order valence-corrected chi connectivity index (χ0v) is 10.8. The summed E-state index contributed by atoms with van der Waals surface area (Å²) in [6.45, 7) is 4.07. The van der Waals surface area contributed by atoms with E-state index in [1.165, 1.54) is 10.6 Å². The van der Waals surface area contributed by atoms with Gasteiger partial charge < -0.3 is 5.11 Å². The Labute approximate surface area is 110 Å². The second-order valence-corrected chi connectivity index (χ2v) is 4.62. The van der Waals surface area contributed by atoms with Crippen LogP contribution in [-0.2, 0) is 0 Å². The molecule has 2 rings (SSSR count). The molecular weight excluding hydrogens is 242 g/mol. The average molecular weight is 257 g/mol. The van der Waals surface area contributed by atoms with Crippen LogP contribution in [0.25, 0.3) is 5.69 Å². The normalized spacial score (nSPS) is 10.7. The van der Waals surface area contributed by atoms with Crippen molar-refractivity contribution in [1.82, 2.24) is 4.57 Å². The van der Waals surface area contributed by atoms with Gasteiger partial charge in [0.2, 0.25) is 0 Å². The third kappa shape index (κ3) is 2.42. The van der Waals surface area contributed by atoms with E-state index in [0.29, 0.717) is 0 Å². The Kier molecular flexibility index (Phi) is 3.51. The van der Waals surface area contributed by atoms with Crippen molar-refractivity contribution < 1.29 is 9.90 Å². The van der Waals surface area contributed by atoms with Crippen LogP contribution in [0.3, 0.4) is 0 Å². The van der Waals surface area contributed by atoms with Gasteiger partial charge in [-0.25, -0.2) is 4.79 Å². The van der Waals surface area contributed by atoms with Crippen LogP contribution in [0.15, 0.2) is 47.4 Å². The summed E-state index contributed by atoms with van der Waals surface area (Å²) in [7, 11) is 0. The molecule has 0 atom stereocenters. The number of pyridine rings is 1. The molecule has 0 radical (unpaired) electrons. The third-order valence-electron chi connectivity index (χ3n) is 3.00. The van der Waals surface area contributed by atoms with Crippen molar-refractivity contribution in [3.63, 3.8) is 0 Å². The zero-order chi connectivity index (χ0) is 14.0. The minimum atomic E-state index is -1.21. The molecular formula is C15H15NO3. The van der Waals surface area contributed by atoms with Crippen LogP contribution in [0, 0.1) is 0 Å². The van der Waals surface area contributed by atoms with E-state index >= 15 is 0 Å². The van der Waals surface area contributed by atoms with Crippen LogP contribution in [0.1, 0.15) is 35.7 Å². The van der Waals surface area contributed by atoms with E-state index < -0.39 is 11.5 Å². The number of aromatic carboxylic acids is 1. The van der Waals surface area contributed by atoms with E-state index in [0.717, 1.165) is 11.3 Å². The molecule has 4 heteroatoms. The van der Waals surface area contributed by atoms with Crippen molar-refractivity contribution in [2.45, 2.75) is 19.8 Å². The van der Waals surface area contributed by atoms with E-state index in [4.69, 9.17) is 5.11 Å². The van der Waals surface area contributed by atoms with Crippen molar-refractivity contribution in [3.8, 4) is 5.69 Å². The number of hydrogen-bond acceptors (Lipinski definition) is 2. The van der Waals surface area contributed by atoms with Gasteiger partial charge in [-0.1, -0.05) is 32.0 Å². The van der Waals surface area contributed by atoms with Gasteiger partial charge in [-0.15, -0.1) is 0 Å². The summed E-state index contributed by atoms with van der Waals surface area (Å²) in [4.78, 5) is 23.2. The lowest BCUT2D eigenvalue weighted by Crippen LogP contribution is -2.25. The summed E-state index contributed by atoms with van der Waals surface area (Å²) in [6, 6.07) is 10.4. The number of hydrogen-bond donors (Lipinski definition) is 1. The van der Waals surface area contributed by atoms with Gasteiger partial charge in [-0.05, 0) is 29.7 Å². The van der Waals surface area contributed by atoms with E-state index in [-0.39, 0.29) is 11.5 Å². The molecule has 1 N–H and O–H groups in total. The number of nitrogens with zero attached hydrogens (tertiary/aromatic N) is 1. The third-order valence-corrected chi connectivity index (χ3v) is 3.00. The molecule has 0 aliphatic carbocycles. The van der Waals surface area contributed by atoms with Gasteiger partial charge in [-0.3, -0.25) is 9.36 Å². The summed E-state index contributed by atoms with van der Waals surface area (Å²) >= 11 is 0. The number of para-hydroxylation sites is 1. The molecule has 0 saturated carbocycles. The lowest BCUT2D eigenvalue weighted by atomic mass is 10.0. The maximum atomic E-state index is 12.2. The Morgan fingerprint density at radius 2 is 1.84 bits per heavy atom. The minimum absolute atomic E-state index is 0.221. The van der Waals surface area contributed by atoms with E-state index in [1.54, 1.807) is 12.3 Å². The van der Waals surface area contributed by atoms with Crippen LogP contribution >= 0.6 is 0 Å². The first-order valence-corrected chi connectivity index (χ1v) is 6.06. The molecule has 19 heavy (non-hydrogen) atoms. The first-order chi connectivity index (χ1) is 9.02. The standard InChI is InChI=1S/C15H15NO3/c1-10(2)11-6-3-4-8-13(11)16-9-5-7-12(14(16)17)15(18)19/h3-10H,1-2H3,(H,18,19). The number of carboxylic acid groups (broad SMARTS) is 1. The van der Waals surface area contributed by atoms with Gasteiger partial charge in [0.05, 0.1) is 5.69 Å². The molecule has 2 aromatic rings. The van der Waals surface area contributed by atoms with Crippen molar-refractivity contribution in [2.75, 3.05) is 0 Å². The highest BCUT2D eigenvalue weighted by atomic mass is 16.4. The molecule has 1 aromatic carbocycles. The first-order valence-electron chi connectivity index (χ1n) is 6.06. The fraction of sp³-hybridized carbons (Fsp3) is 0.200. The molecule has 0 fully saturated rings. The molecule has 0 spiro atoms. The second-order valence-electron chi connectivity index (χ2n) is 4.62. The molecule has 98 valence electrons. The molecule has 0 saturated heterocycles. The van der Waals surface area contributed by atoms with Gasteiger partial charge in [0.25, 0.3) is 5.56 Å². The van der Waals surface area contributed by atoms with Crippen LogP contribution in [0.4, 0.5) is 0 Å². The molecule has 1 aromatic heterocycles. The Hall–Kier alpha value is -2.36. The van der Waals surface area contributed by atoms with Crippen molar-refractivity contribution in [2.24, 2.45) is 0 Å². The van der Waals surface area contributed by atoms with Crippen LogP contribution < -0.4 is 5.56 Å². The number of rotatable bonds is 3. The average Bonchev–Trinajstić information content (AvgIpc) is 2.38. The summed E-state index contributed by atoms with van der Waals surface area (Å²) in [5.74, 6) is -0.960. The van der Waals surface area contributed by atoms with Crippen LogP contribution in [-0.4, -0.2) is 15.6 Å². The van der Waals surface area contributed by atoms with Gasteiger partial charge in [-0.2, -0.15) is 0 Å². The Balaban J connectivity index is 2.70.